The van der Waals surface area contributed by atoms with Crippen molar-refractivity contribution < 1.29 is 5.11 Å². The number of aromatic amines is 1. The molecule has 27 heavy (non-hydrogen) atoms. The zero-order chi connectivity index (χ0) is 18.4. The van der Waals surface area contributed by atoms with Gasteiger partial charge in [0.2, 0.25) is 0 Å². The molecule has 1 aromatic carbocycles. The van der Waals surface area contributed by atoms with Gasteiger partial charge in [-0.05, 0) is 30.9 Å². The molecule has 7 nitrogen and oxygen atoms in total. The molecule has 1 unspecified atom stereocenters. The van der Waals surface area contributed by atoms with Crippen LogP contribution in [0.4, 0.5) is 5.82 Å². The summed E-state index contributed by atoms with van der Waals surface area (Å²) in [5.41, 5.74) is 2.84. The second kappa shape index (κ2) is 6.35. The number of aliphatic hydroxyl groups is 1. The van der Waals surface area contributed by atoms with Gasteiger partial charge in [0, 0.05) is 37.2 Å². The van der Waals surface area contributed by atoms with Gasteiger partial charge in [-0.15, -0.1) is 0 Å². The highest BCUT2D eigenvalue weighted by atomic mass is 16.3. The number of nitrogens with zero attached hydrogens (tertiary/aromatic N) is 5. The summed E-state index contributed by atoms with van der Waals surface area (Å²) in [6.07, 6.45) is 4.73. The van der Waals surface area contributed by atoms with E-state index in [0.29, 0.717) is 0 Å². The smallest absolute Gasteiger partial charge is 0.143 e. The lowest BCUT2D eigenvalue weighted by Crippen LogP contribution is -2.36. The highest BCUT2D eigenvalue weighted by Gasteiger charge is 2.29. The van der Waals surface area contributed by atoms with E-state index in [1.165, 1.54) is 0 Å². The van der Waals surface area contributed by atoms with Gasteiger partial charge >= 0.3 is 0 Å². The first-order valence-corrected chi connectivity index (χ1v) is 9.34. The molecular weight excluding hydrogens is 340 g/mol. The number of hydrogen-bond donors (Lipinski definition) is 2. The Morgan fingerprint density at radius 1 is 1.15 bits per heavy atom. The van der Waals surface area contributed by atoms with Crippen LogP contribution in [0.25, 0.3) is 21.9 Å². The van der Waals surface area contributed by atoms with Gasteiger partial charge in [0.15, 0.2) is 0 Å². The summed E-state index contributed by atoms with van der Waals surface area (Å²) >= 11 is 0. The molecular formula is C20H22N6O. The number of H-pyrrole nitrogens is 1. The molecule has 2 N–H and O–H groups in total. The van der Waals surface area contributed by atoms with E-state index in [1.54, 1.807) is 17.2 Å². The maximum absolute atomic E-state index is 10.7. The van der Waals surface area contributed by atoms with E-state index in [0.717, 1.165) is 59.4 Å². The van der Waals surface area contributed by atoms with Crippen LogP contribution >= 0.6 is 0 Å². The molecule has 5 rings (SSSR count). The Morgan fingerprint density at radius 3 is 2.74 bits per heavy atom. The van der Waals surface area contributed by atoms with Crippen LogP contribution in [-0.2, 0) is 7.05 Å². The van der Waals surface area contributed by atoms with Gasteiger partial charge in [-0.2, -0.15) is 5.10 Å². The summed E-state index contributed by atoms with van der Waals surface area (Å²) in [7, 11) is 1.88. The summed E-state index contributed by atoms with van der Waals surface area (Å²) in [6.45, 7) is 1.73. The number of nitrogens with one attached hydrogen (secondary N) is 1. The van der Waals surface area contributed by atoms with Crippen molar-refractivity contribution in [2.45, 2.75) is 18.9 Å². The van der Waals surface area contributed by atoms with Crippen LogP contribution in [0.2, 0.25) is 0 Å². The number of piperidine rings is 1. The average molecular weight is 362 g/mol. The molecule has 4 heterocycles. The van der Waals surface area contributed by atoms with Crippen LogP contribution in [0.1, 0.15) is 24.6 Å². The summed E-state index contributed by atoms with van der Waals surface area (Å²) in [5.74, 6) is 1.21. The van der Waals surface area contributed by atoms with Gasteiger partial charge in [-0.1, -0.05) is 18.2 Å². The molecule has 1 aliphatic rings. The van der Waals surface area contributed by atoms with Gasteiger partial charge in [0.05, 0.1) is 17.2 Å². The number of hydrogen-bond acceptors (Lipinski definition) is 5. The van der Waals surface area contributed by atoms with E-state index in [9.17, 15) is 5.11 Å². The fourth-order valence-electron chi connectivity index (χ4n) is 4.24. The predicted octanol–water partition coefficient (Wildman–Crippen LogP) is 2.79. The molecule has 0 radical (unpaired) electrons. The quantitative estimate of drug-likeness (QED) is 0.586. The lowest BCUT2D eigenvalue weighted by Gasteiger charge is -2.35. The minimum Gasteiger partial charge on any atom is -0.387 e. The van der Waals surface area contributed by atoms with Gasteiger partial charge in [-0.25, -0.2) is 9.97 Å². The van der Waals surface area contributed by atoms with E-state index in [2.05, 4.69) is 37.1 Å². The first-order valence-electron chi connectivity index (χ1n) is 9.34. The minimum absolute atomic E-state index is 0.233. The molecule has 138 valence electrons. The van der Waals surface area contributed by atoms with Crippen LogP contribution in [0.3, 0.4) is 0 Å². The fraction of sp³-hybridized carbons (Fsp3) is 0.350. The molecule has 4 aromatic rings. The molecule has 0 saturated carbocycles. The summed E-state index contributed by atoms with van der Waals surface area (Å²) in [4.78, 5) is 14.7. The molecule has 1 saturated heterocycles. The van der Waals surface area contributed by atoms with E-state index in [4.69, 9.17) is 0 Å². The van der Waals surface area contributed by atoms with E-state index in [1.807, 2.05) is 25.2 Å². The Morgan fingerprint density at radius 2 is 1.96 bits per heavy atom. The minimum atomic E-state index is -0.474. The number of aromatic nitrogens is 5. The third kappa shape index (κ3) is 2.66. The Balaban J connectivity index is 1.42. The van der Waals surface area contributed by atoms with Crippen molar-refractivity contribution in [1.29, 1.82) is 0 Å². The predicted molar refractivity (Wildman–Crippen MR) is 104 cm³/mol. The van der Waals surface area contributed by atoms with Crippen molar-refractivity contribution >= 4 is 27.8 Å². The van der Waals surface area contributed by atoms with Crippen LogP contribution in [0.5, 0.6) is 0 Å². The maximum Gasteiger partial charge on any atom is 0.143 e. The normalized spacial score (nSPS) is 17.0. The van der Waals surface area contributed by atoms with Gasteiger partial charge in [0.1, 0.15) is 17.8 Å². The molecule has 1 aliphatic heterocycles. The summed E-state index contributed by atoms with van der Waals surface area (Å²) in [5, 5.41) is 17.2. The zero-order valence-corrected chi connectivity index (χ0v) is 15.2. The second-order valence-corrected chi connectivity index (χ2v) is 7.24. The molecule has 0 bridgehead atoms. The van der Waals surface area contributed by atoms with Crippen LogP contribution in [0.15, 0.2) is 42.9 Å². The largest absolute Gasteiger partial charge is 0.387 e. The summed E-state index contributed by atoms with van der Waals surface area (Å²) in [6, 6.07) is 10.1. The third-order valence-corrected chi connectivity index (χ3v) is 5.72. The Hall–Kier alpha value is -2.93. The number of benzene rings is 1. The van der Waals surface area contributed by atoms with Crippen molar-refractivity contribution in [1.82, 2.24) is 24.7 Å². The highest BCUT2D eigenvalue weighted by Crippen LogP contribution is 2.35. The lowest BCUT2D eigenvalue weighted by atomic mass is 9.89. The fourth-order valence-corrected chi connectivity index (χ4v) is 4.24. The van der Waals surface area contributed by atoms with E-state index in [-0.39, 0.29) is 5.92 Å². The molecule has 7 heteroatoms. The molecule has 0 spiro atoms. The van der Waals surface area contributed by atoms with E-state index < -0.39 is 6.10 Å². The standard InChI is InChI=1S/C20H22N6O/c1-25-16(6-9-23-25)18(27)13-7-10-26(11-8-13)20-17-14-4-2-3-5-15(14)24-19(17)21-12-22-20/h2-6,9,12-13,18,27H,7-8,10-11H2,1H3,(H,21,22,24). The highest BCUT2D eigenvalue weighted by molar-refractivity contribution is 6.11. The van der Waals surface area contributed by atoms with Crippen molar-refractivity contribution in [3.8, 4) is 0 Å². The van der Waals surface area contributed by atoms with E-state index >= 15 is 0 Å². The number of aliphatic hydroxyl groups excluding tert-OH is 1. The second-order valence-electron chi connectivity index (χ2n) is 7.24. The number of anilines is 1. The lowest BCUT2D eigenvalue weighted by molar-refractivity contribution is 0.0854. The SMILES string of the molecule is Cn1nccc1C(O)C1CCN(c2ncnc3[nH]c4ccccc4c23)CC1. The van der Waals surface area contributed by atoms with Crippen LogP contribution < -0.4 is 4.90 Å². The topological polar surface area (TPSA) is 82.9 Å². The summed E-state index contributed by atoms with van der Waals surface area (Å²) < 4.78 is 1.76. The third-order valence-electron chi connectivity index (χ3n) is 5.72. The van der Waals surface area contributed by atoms with Gasteiger partial charge in [-0.3, -0.25) is 4.68 Å². The average Bonchev–Trinajstić information content (AvgIpc) is 3.30. The Bertz CT molecular complexity index is 1090. The van der Waals surface area contributed by atoms with Crippen molar-refractivity contribution in [3.63, 3.8) is 0 Å². The van der Waals surface area contributed by atoms with Crippen LogP contribution in [-0.4, -0.2) is 42.9 Å². The van der Waals surface area contributed by atoms with Crippen molar-refractivity contribution in [2.75, 3.05) is 18.0 Å². The first kappa shape index (κ1) is 16.3. The Labute approximate surface area is 156 Å². The molecule has 1 atom stereocenters. The monoisotopic (exact) mass is 362 g/mol. The number of fused-ring (bicyclic) bond motifs is 3. The van der Waals surface area contributed by atoms with Gasteiger partial charge in [0.25, 0.3) is 0 Å². The molecule has 1 fully saturated rings. The molecule has 0 amide bonds. The Kier molecular flexibility index (Phi) is 3.82. The molecule has 0 aliphatic carbocycles. The number of aryl methyl sites for hydroxylation is 1. The van der Waals surface area contributed by atoms with Crippen molar-refractivity contribution in [3.05, 3.63) is 48.5 Å². The zero-order valence-electron chi connectivity index (χ0n) is 15.2. The number of rotatable bonds is 3. The first-order chi connectivity index (χ1) is 13.2. The van der Waals surface area contributed by atoms with Crippen LogP contribution in [0, 0.1) is 5.92 Å². The van der Waals surface area contributed by atoms with Gasteiger partial charge < -0.3 is 15.0 Å². The number of para-hydroxylation sites is 1. The molecule has 3 aromatic heterocycles. The maximum atomic E-state index is 10.7. The van der Waals surface area contributed by atoms with Crippen molar-refractivity contribution in [2.24, 2.45) is 13.0 Å².